The molecule has 0 atom stereocenters. The maximum Gasteiger partial charge on any atom is 0.184 e. The zero-order chi connectivity index (χ0) is 15.5. The molecule has 0 bridgehead atoms. The second kappa shape index (κ2) is 4.25. The predicted molar refractivity (Wildman–Crippen MR) is 81.7 cm³/mol. The summed E-state index contributed by atoms with van der Waals surface area (Å²) in [6.07, 6.45) is 2.77. The van der Waals surface area contributed by atoms with Crippen molar-refractivity contribution in [3.8, 4) is 11.4 Å². The molecule has 0 saturated heterocycles. The molecule has 114 valence electrons. The normalized spacial score (nSPS) is 14.8. The number of H-pyrrole nitrogens is 1. The maximum atomic E-state index is 4.74. The summed E-state index contributed by atoms with van der Waals surface area (Å²) in [6.45, 7) is 9.69. The summed E-state index contributed by atoms with van der Waals surface area (Å²) in [7, 11) is 0. The van der Waals surface area contributed by atoms with Gasteiger partial charge in [0, 0.05) is 23.3 Å². The van der Waals surface area contributed by atoms with Crippen LogP contribution in [-0.4, -0.2) is 47.3 Å². The van der Waals surface area contributed by atoms with Gasteiger partial charge in [-0.15, -0.1) is 5.10 Å². The second-order valence-electron chi connectivity index (χ2n) is 6.62. The largest absolute Gasteiger partial charge is 0.351 e. The molecule has 8 nitrogen and oxygen atoms in total. The summed E-state index contributed by atoms with van der Waals surface area (Å²) in [4.78, 5) is 7.13. The van der Waals surface area contributed by atoms with E-state index >= 15 is 0 Å². The first-order chi connectivity index (χ1) is 10.5. The molecular formula is C14H18N8. The molecule has 1 aliphatic rings. The number of rotatable bonds is 1. The average Bonchev–Trinajstić information content (AvgIpc) is 3.15. The zero-order valence-electron chi connectivity index (χ0n) is 13.1. The van der Waals surface area contributed by atoms with Crippen LogP contribution in [0, 0.1) is 6.92 Å². The highest BCUT2D eigenvalue weighted by molar-refractivity contribution is 5.75. The van der Waals surface area contributed by atoms with Gasteiger partial charge in [0.25, 0.3) is 0 Å². The number of hydrogen-bond donors (Lipinski definition) is 1. The van der Waals surface area contributed by atoms with Crippen LogP contribution in [0.1, 0.15) is 32.0 Å². The molecule has 0 aliphatic carbocycles. The van der Waals surface area contributed by atoms with Gasteiger partial charge in [0.1, 0.15) is 5.82 Å². The van der Waals surface area contributed by atoms with E-state index in [1.807, 2.05) is 4.52 Å². The minimum Gasteiger partial charge on any atom is -0.351 e. The Morgan fingerprint density at radius 3 is 2.77 bits per heavy atom. The van der Waals surface area contributed by atoms with Gasteiger partial charge in [-0.05, 0) is 44.5 Å². The quantitative estimate of drug-likeness (QED) is 0.730. The molecule has 0 spiro atoms. The first-order valence-corrected chi connectivity index (χ1v) is 7.36. The van der Waals surface area contributed by atoms with Crippen LogP contribution in [0.15, 0.2) is 6.20 Å². The summed E-state index contributed by atoms with van der Waals surface area (Å²) >= 11 is 0. The van der Waals surface area contributed by atoms with E-state index in [1.165, 1.54) is 5.56 Å². The number of hydrogen-bond acceptors (Lipinski definition) is 6. The van der Waals surface area contributed by atoms with Crippen LogP contribution in [0.2, 0.25) is 0 Å². The molecule has 0 fully saturated rings. The third kappa shape index (κ3) is 1.73. The first-order valence-electron chi connectivity index (χ1n) is 7.36. The molecular weight excluding hydrogens is 280 g/mol. The molecule has 0 amide bonds. The second-order valence-corrected chi connectivity index (χ2v) is 6.62. The molecule has 0 radical (unpaired) electrons. The molecule has 0 aromatic carbocycles. The van der Waals surface area contributed by atoms with Gasteiger partial charge in [-0.3, -0.25) is 0 Å². The van der Waals surface area contributed by atoms with Crippen molar-refractivity contribution in [3.63, 3.8) is 0 Å². The number of aromatic amines is 1. The zero-order valence-corrected chi connectivity index (χ0v) is 13.1. The third-order valence-electron chi connectivity index (χ3n) is 4.18. The standard InChI is InChI=1S/C14H18N8/c1-8-9-5-6-21(14(2,3)4)13(9)22-12(16-8)10(7-15-22)11-17-19-20-18-11/h7H,5-6H2,1-4H3,(H,17,18,19,20). The number of tetrazole rings is 1. The lowest BCUT2D eigenvalue weighted by Crippen LogP contribution is -2.41. The van der Waals surface area contributed by atoms with Crippen LogP contribution in [0.3, 0.4) is 0 Å². The predicted octanol–water partition coefficient (Wildman–Crippen LogP) is 1.38. The topological polar surface area (TPSA) is 87.9 Å². The highest BCUT2D eigenvalue weighted by atomic mass is 15.5. The number of fused-ring (bicyclic) bond motifs is 3. The van der Waals surface area contributed by atoms with Gasteiger partial charge < -0.3 is 4.90 Å². The Kier molecular flexibility index (Phi) is 2.54. The average molecular weight is 298 g/mol. The van der Waals surface area contributed by atoms with Crippen molar-refractivity contribution in [1.82, 2.24) is 35.2 Å². The molecule has 1 N–H and O–H groups in total. The van der Waals surface area contributed by atoms with Gasteiger partial charge in [0.15, 0.2) is 11.5 Å². The Labute approximate surface area is 127 Å². The molecule has 4 rings (SSSR count). The molecule has 3 aromatic heterocycles. The fourth-order valence-electron chi connectivity index (χ4n) is 3.11. The fourth-order valence-corrected chi connectivity index (χ4v) is 3.11. The summed E-state index contributed by atoms with van der Waals surface area (Å²) in [6, 6.07) is 0. The fraction of sp³-hybridized carbons (Fsp3) is 0.500. The SMILES string of the molecule is Cc1nc2c(-c3nnn[nH]3)cnn2c2c1CCN2C(C)(C)C. The van der Waals surface area contributed by atoms with Crippen LogP contribution < -0.4 is 4.90 Å². The Balaban J connectivity index is 2.01. The summed E-state index contributed by atoms with van der Waals surface area (Å²) in [5, 5.41) is 18.6. The monoisotopic (exact) mass is 298 g/mol. The van der Waals surface area contributed by atoms with E-state index in [1.54, 1.807) is 6.20 Å². The summed E-state index contributed by atoms with van der Waals surface area (Å²) in [5.74, 6) is 1.72. The minimum atomic E-state index is 0.0336. The molecule has 22 heavy (non-hydrogen) atoms. The van der Waals surface area contributed by atoms with Gasteiger partial charge >= 0.3 is 0 Å². The van der Waals surface area contributed by atoms with Gasteiger partial charge in [-0.2, -0.15) is 9.61 Å². The first kappa shape index (κ1) is 13.2. The van der Waals surface area contributed by atoms with E-state index in [0.717, 1.165) is 35.7 Å². The van der Waals surface area contributed by atoms with Crippen molar-refractivity contribution in [2.45, 2.75) is 39.7 Å². The number of nitrogens with zero attached hydrogens (tertiary/aromatic N) is 7. The summed E-state index contributed by atoms with van der Waals surface area (Å²) < 4.78 is 1.92. The number of nitrogens with one attached hydrogen (secondary N) is 1. The van der Waals surface area contributed by atoms with Crippen molar-refractivity contribution in [1.29, 1.82) is 0 Å². The number of anilines is 1. The molecule has 8 heteroatoms. The van der Waals surface area contributed by atoms with Gasteiger partial charge in [-0.25, -0.2) is 10.1 Å². The van der Waals surface area contributed by atoms with E-state index in [4.69, 9.17) is 4.98 Å². The lowest BCUT2D eigenvalue weighted by molar-refractivity contribution is 0.510. The van der Waals surface area contributed by atoms with Gasteiger partial charge in [0.05, 0.1) is 11.8 Å². The maximum absolute atomic E-state index is 4.74. The van der Waals surface area contributed by atoms with Crippen molar-refractivity contribution in [2.24, 2.45) is 0 Å². The Morgan fingerprint density at radius 2 is 2.09 bits per heavy atom. The molecule has 4 heterocycles. The lowest BCUT2D eigenvalue weighted by atomic mass is 10.1. The molecule has 0 unspecified atom stereocenters. The van der Waals surface area contributed by atoms with Gasteiger partial charge in [-0.1, -0.05) is 0 Å². The molecule has 3 aromatic rings. The van der Waals surface area contributed by atoms with Crippen LogP contribution in [-0.2, 0) is 6.42 Å². The van der Waals surface area contributed by atoms with E-state index < -0.39 is 0 Å². The Bertz CT molecular complexity index is 840. The Hall–Kier alpha value is -2.51. The number of aromatic nitrogens is 7. The minimum absolute atomic E-state index is 0.0336. The van der Waals surface area contributed by atoms with Crippen LogP contribution in [0.5, 0.6) is 0 Å². The van der Waals surface area contributed by atoms with Crippen molar-refractivity contribution in [3.05, 3.63) is 17.5 Å². The van der Waals surface area contributed by atoms with E-state index in [-0.39, 0.29) is 5.54 Å². The third-order valence-corrected chi connectivity index (χ3v) is 4.18. The van der Waals surface area contributed by atoms with Gasteiger partial charge in [0.2, 0.25) is 0 Å². The van der Waals surface area contributed by atoms with Crippen LogP contribution >= 0.6 is 0 Å². The van der Waals surface area contributed by atoms with Crippen molar-refractivity contribution in [2.75, 3.05) is 11.4 Å². The van der Waals surface area contributed by atoms with Crippen LogP contribution in [0.4, 0.5) is 5.82 Å². The Morgan fingerprint density at radius 1 is 1.27 bits per heavy atom. The molecule has 1 aliphatic heterocycles. The van der Waals surface area contributed by atoms with Crippen LogP contribution in [0.25, 0.3) is 17.0 Å². The molecule has 0 saturated carbocycles. The van der Waals surface area contributed by atoms with Crippen molar-refractivity contribution >= 4 is 11.5 Å². The van der Waals surface area contributed by atoms with E-state index in [0.29, 0.717) is 5.82 Å². The van der Waals surface area contributed by atoms with E-state index in [9.17, 15) is 0 Å². The number of aryl methyl sites for hydroxylation is 1. The highest BCUT2D eigenvalue weighted by Gasteiger charge is 2.33. The smallest absolute Gasteiger partial charge is 0.184 e. The van der Waals surface area contributed by atoms with Crippen molar-refractivity contribution < 1.29 is 0 Å². The lowest BCUT2D eigenvalue weighted by Gasteiger charge is -2.34. The summed E-state index contributed by atoms with van der Waals surface area (Å²) in [5.41, 5.74) is 3.95. The van der Waals surface area contributed by atoms with E-state index in [2.05, 4.69) is 58.3 Å². The highest BCUT2D eigenvalue weighted by Crippen LogP contribution is 2.36.